The van der Waals surface area contributed by atoms with E-state index >= 15 is 0 Å². The molecule has 15 heavy (non-hydrogen) atoms. The highest BCUT2D eigenvalue weighted by Crippen LogP contribution is 2.04. The summed E-state index contributed by atoms with van der Waals surface area (Å²) in [6.07, 6.45) is 10.5. The first-order chi connectivity index (χ1) is 7.20. The third-order valence-electron chi connectivity index (χ3n) is 1.66. The summed E-state index contributed by atoms with van der Waals surface area (Å²) in [7, 11) is 0. The summed E-state index contributed by atoms with van der Waals surface area (Å²) in [4.78, 5) is 11.5. The Morgan fingerprint density at radius 1 is 1.40 bits per heavy atom. The second-order valence-electron chi connectivity index (χ2n) is 3.32. The smallest absolute Gasteiger partial charge is 0.251 e. The third-order valence-corrected chi connectivity index (χ3v) is 1.66. The van der Waals surface area contributed by atoms with E-state index in [-0.39, 0.29) is 13.4 Å². The van der Waals surface area contributed by atoms with Gasteiger partial charge in [0.15, 0.2) is 0 Å². The van der Waals surface area contributed by atoms with Crippen molar-refractivity contribution in [3.63, 3.8) is 0 Å². The van der Waals surface area contributed by atoms with Gasteiger partial charge in [0.05, 0.1) is 0 Å². The van der Waals surface area contributed by atoms with Crippen LogP contribution in [0.3, 0.4) is 0 Å². The summed E-state index contributed by atoms with van der Waals surface area (Å²) in [6.45, 7) is 7.91. The first-order valence-electron chi connectivity index (χ1n) is 5.54. The Kier molecular flexibility index (Phi) is 7.33. The van der Waals surface area contributed by atoms with Crippen molar-refractivity contribution in [2.24, 2.45) is 0 Å². The molecule has 2 nitrogen and oxygen atoms in total. The first-order valence-corrected chi connectivity index (χ1v) is 5.54. The maximum absolute atomic E-state index is 11.5. The minimum atomic E-state index is -0.00204. The van der Waals surface area contributed by atoms with E-state index < -0.39 is 0 Å². The summed E-state index contributed by atoms with van der Waals surface area (Å²) in [5, 5.41) is 2.85. The lowest BCUT2D eigenvalue weighted by Crippen LogP contribution is -2.30. The Labute approximate surface area is 94.2 Å². The van der Waals surface area contributed by atoms with Gasteiger partial charge < -0.3 is 5.32 Å². The molecule has 0 aromatic carbocycles. The third kappa shape index (κ3) is 5.89. The average Bonchev–Trinajstić information content (AvgIpc) is 2.48. The summed E-state index contributed by atoms with van der Waals surface area (Å²) >= 11 is 0. The maximum atomic E-state index is 11.5. The molecule has 1 N–H and O–H groups in total. The number of carbonyl (C=O) groups excluding carboxylic acids is 1. The molecule has 0 heterocycles. The van der Waals surface area contributed by atoms with E-state index in [2.05, 4.69) is 5.32 Å². The van der Waals surface area contributed by atoms with Crippen molar-refractivity contribution >= 4 is 5.91 Å². The Morgan fingerprint density at radius 2 is 2.07 bits per heavy atom. The van der Waals surface area contributed by atoms with Crippen LogP contribution in [0.15, 0.2) is 36.0 Å². The van der Waals surface area contributed by atoms with E-state index in [9.17, 15) is 4.79 Å². The lowest BCUT2D eigenvalue weighted by atomic mass is 10.2. The number of hydrogen-bond donors (Lipinski definition) is 1. The van der Waals surface area contributed by atoms with Gasteiger partial charge in [-0.05, 0) is 26.3 Å². The molecule has 1 aliphatic carbocycles. The molecule has 0 aliphatic heterocycles. The number of hydrogen-bond acceptors (Lipinski definition) is 1. The second-order valence-corrected chi connectivity index (χ2v) is 3.32. The molecule has 0 bridgehead atoms. The van der Waals surface area contributed by atoms with Crippen LogP contribution in [0.25, 0.3) is 0 Å². The molecule has 0 fully saturated rings. The van der Waals surface area contributed by atoms with Crippen molar-refractivity contribution < 1.29 is 6.22 Å². The van der Waals surface area contributed by atoms with Gasteiger partial charge in [0.2, 0.25) is 0 Å². The molecule has 0 spiro atoms. The van der Waals surface area contributed by atoms with Crippen LogP contribution < -0.4 is 5.32 Å². The summed E-state index contributed by atoms with van der Waals surface area (Å²) in [6, 6.07) is 0.189. The van der Waals surface area contributed by atoms with Gasteiger partial charge in [-0.1, -0.05) is 38.2 Å². The van der Waals surface area contributed by atoms with E-state index in [1.54, 1.807) is 0 Å². The van der Waals surface area contributed by atoms with Crippen molar-refractivity contribution in [3.8, 4) is 0 Å². The zero-order chi connectivity index (χ0) is 11.7. The highest BCUT2D eigenvalue weighted by atomic mass is 16.1. The number of allylic oxidation sites excluding steroid dienone is 4. The summed E-state index contributed by atoms with van der Waals surface area (Å²) < 4.78 is 0. The van der Waals surface area contributed by atoms with Gasteiger partial charge in [0.25, 0.3) is 5.91 Å². The van der Waals surface area contributed by atoms with Crippen LogP contribution in [0.2, 0.25) is 0 Å². The van der Waals surface area contributed by atoms with Crippen LogP contribution in [0.1, 0.15) is 35.5 Å². The SMILES string of the molecule is CC.CC(C)NC(=O)C1=CC=CCC=C1.[HH]. The highest BCUT2D eigenvalue weighted by Gasteiger charge is 2.06. The molecule has 0 radical (unpaired) electrons. The van der Waals surface area contributed by atoms with Gasteiger partial charge in [0.1, 0.15) is 0 Å². The van der Waals surface area contributed by atoms with Crippen LogP contribution in [0, 0.1) is 0 Å². The van der Waals surface area contributed by atoms with Crippen molar-refractivity contribution in [3.05, 3.63) is 36.0 Å². The fourth-order valence-electron chi connectivity index (χ4n) is 1.08. The molecule has 86 valence electrons. The van der Waals surface area contributed by atoms with Crippen LogP contribution in [0.5, 0.6) is 0 Å². The van der Waals surface area contributed by atoms with Crippen molar-refractivity contribution in [1.82, 2.24) is 5.32 Å². The summed E-state index contributed by atoms with van der Waals surface area (Å²) in [5.74, 6) is -0.00204. The molecule has 0 atom stereocenters. The van der Waals surface area contributed by atoms with Crippen molar-refractivity contribution in [2.45, 2.75) is 40.2 Å². The van der Waals surface area contributed by atoms with Crippen LogP contribution in [-0.4, -0.2) is 11.9 Å². The zero-order valence-corrected chi connectivity index (χ0v) is 10.1. The standard InChI is InChI=1S/C11H15NO.C2H6.H2/c1-9(2)12-11(13)10-7-5-3-4-6-8-10;1-2;/h3,5-9H,4H2,1-2H3,(H,12,13);1-2H3;1H. The highest BCUT2D eigenvalue weighted by molar-refractivity contribution is 5.96. The van der Waals surface area contributed by atoms with Gasteiger partial charge in [0, 0.05) is 13.0 Å². The maximum Gasteiger partial charge on any atom is 0.251 e. The summed E-state index contributed by atoms with van der Waals surface area (Å²) in [5.41, 5.74) is 0.724. The molecule has 1 amide bonds. The molecular weight excluding hydrogens is 186 g/mol. The first kappa shape index (κ1) is 13.7. The van der Waals surface area contributed by atoms with Gasteiger partial charge in [-0.3, -0.25) is 4.79 Å². The minimum absolute atomic E-state index is 0. The van der Waals surface area contributed by atoms with E-state index in [1.165, 1.54) is 0 Å². The second kappa shape index (κ2) is 8.04. The van der Waals surface area contributed by atoms with E-state index in [1.807, 2.05) is 58.1 Å². The Morgan fingerprint density at radius 3 is 2.67 bits per heavy atom. The predicted octanol–water partition coefficient (Wildman–Crippen LogP) is 3.23. The normalized spacial score (nSPS) is 13.8. The molecule has 1 rings (SSSR count). The van der Waals surface area contributed by atoms with Crippen molar-refractivity contribution in [1.29, 1.82) is 0 Å². The number of rotatable bonds is 2. The van der Waals surface area contributed by atoms with E-state index in [0.29, 0.717) is 0 Å². The molecule has 0 unspecified atom stereocenters. The lowest BCUT2D eigenvalue weighted by molar-refractivity contribution is -0.117. The zero-order valence-electron chi connectivity index (χ0n) is 10.1. The van der Waals surface area contributed by atoms with Crippen LogP contribution in [-0.2, 0) is 4.79 Å². The van der Waals surface area contributed by atoms with Gasteiger partial charge in [-0.25, -0.2) is 0 Å². The Hall–Kier alpha value is -1.31. The van der Waals surface area contributed by atoms with Gasteiger partial charge in [-0.15, -0.1) is 0 Å². The van der Waals surface area contributed by atoms with Crippen molar-refractivity contribution in [2.75, 3.05) is 0 Å². The molecule has 0 saturated heterocycles. The molecule has 2 heteroatoms. The molecule has 0 saturated carbocycles. The van der Waals surface area contributed by atoms with Crippen LogP contribution >= 0.6 is 0 Å². The Bertz CT molecular complexity index is 278. The largest absolute Gasteiger partial charge is 0.350 e. The number of amides is 1. The molecular formula is C13H23NO. The topological polar surface area (TPSA) is 29.1 Å². The quantitative estimate of drug-likeness (QED) is 0.743. The monoisotopic (exact) mass is 209 g/mol. The molecule has 1 aliphatic rings. The average molecular weight is 209 g/mol. The lowest BCUT2D eigenvalue weighted by Gasteiger charge is -2.07. The molecule has 0 aromatic heterocycles. The minimum Gasteiger partial charge on any atom is -0.350 e. The Balaban J connectivity index is 0. The van der Waals surface area contributed by atoms with Crippen LogP contribution in [0.4, 0.5) is 0 Å². The fraction of sp³-hybridized carbons (Fsp3) is 0.462. The van der Waals surface area contributed by atoms with E-state index in [4.69, 9.17) is 0 Å². The van der Waals surface area contributed by atoms with Gasteiger partial charge in [-0.2, -0.15) is 0 Å². The number of carbonyl (C=O) groups is 1. The molecule has 0 aromatic rings. The van der Waals surface area contributed by atoms with Gasteiger partial charge >= 0.3 is 0 Å². The number of nitrogens with one attached hydrogen (secondary N) is 1. The predicted molar refractivity (Wildman–Crippen MR) is 67.7 cm³/mol. The fourth-order valence-corrected chi connectivity index (χ4v) is 1.08. The van der Waals surface area contributed by atoms with E-state index in [0.717, 1.165) is 12.0 Å².